The van der Waals surface area contributed by atoms with E-state index in [1.54, 1.807) is 7.11 Å². The van der Waals surface area contributed by atoms with Gasteiger partial charge in [-0.2, -0.15) is 0 Å². The van der Waals surface area contributed by atoms with Crippen LogP contribution in [0, 0.1) is 3.57 Å². The van der Waals surface area contributed by atoms with Gasteiger partial charge >= 0.3 is 0 Å². The highest BCUT2D eigenvalue weighted by atomic mass is 127. The van der Waals surface area contributed by atoms with Crippen molar-refractivity contribution in [3.63, 3.8) is 0 Å². The number of hydrogen-bond donors (Lipinski definition) is 1. The van der Waals surface area contributed by atoms with E-state index in [-0.39, 0.29) is 5.91 Å². The molecule has 0 aliphatic heterocycles. The van der Waals surface area contributed by atoms with Gasteiger partial charge < -0.3 is 10.1 Å². The zero-order chi connectivity index (χ0) is 16.2. The van der Waals surface area contributed by atoms with Gasteiger partial charge in [-0.3, -0.25) is 4.79 Å². The van der Waals surface area contributed by atoms with Gasteiger partial charge in [-0.15, -0.1) is 5.10 Å². The minimum absolute atomic E-state index is 0.223. The molecule has 0 atom stereocenters. The van der Waals surface area contributed by atoms with E-state index in [2.05, 4.69) is 37.5 Å². The van der Waals surface area contributed by atoms with Gasteiger partial charge in [0.15, 0.2) is 0 Å². The molecule has 7 heteroatoms. The summed E-state index contributed by atoms with van der Waals surface area (Å²) in [4.78, 5) is 13.0. The predicted octanol–water partition coefficient (Wildman–Crippen LogP) is 4.07. The lowest BCUT2D eigenvalue weighted by Gasteiger charge is -2.06. The average molecular weight is 437 g/mol. The van der Waals surface area contributed by atoms with Gasteiger partial charge in [0, 0.05) is 14.8 Å². The van der Waals surface area contributed by atoms with E-state index in [0.29, 0.717) is 16.3 Å². The Kier molecular flexibility index (Phi) is 4.87. The molecule has 3 aromatic rings. The van der Waals surface area contributed by atoms with Gasteiger partial charge in [0.25, 0.3) is 5.91 Å². The van der Waals surface area contributed by atoms with E-state index in [4.69, 9.17) is 4.74 Å². The van der Waals surface area contributed by atoms with Crippen LogP contribution in [0.3, 0.4) is 0 Å². The molecule has 0 unspecified atom stereocenters. The molecule has 116 valence electrons. The summed E-state index contributed by atoms with van der Waals surface area (Å²) in [5.74, 6) is 0.485. The van der Waals surface area contributed by atoms with Gasteiger partial charge in [0.2, 0.25) is 0 Å². The van der Waals surface area contributed by atoms with Crippen LogP contribution < -0.4 is 10.1 Å². The molecule has 1 amide bonds. The summed E-state index contributed by atoms with van der Waals surface area (Å²) < 4.78 is 10.2. The van der Waals surface area contributed by atoms with Gasteiger partial charge in [0.1, 0.15) is 16.3 Å². The number of anilines is 1. The molecule has 1 N–H and O–H groups in total. The van der Waals surface area contributed by atoms with Gasteiger partial charge in [-0.05, 0) is 70.5 Å². The van der Waals surface area contributed by atoms with Crippen LogP contribution in [0.15, 0.2) is 48.5 Å². The maximum atomic E-state index is 12.5. The van der Waals surface area contributed by atoms with E-state index in [1.807, 2.05) is 48.5 Å². The van der Waals surface area contributed by atoms with Gasteiger partial charge in [-0.1, -0.05) is 16.6 Å². The molecule has 5 nitrogen and oxygen atoms in total. The maximum absolute atomic E-state index is 12.5. The Bertz CT molecular complexity index is 833. The third-order valence-electron chi connectivity index (χ3n) is 3.14. The number of nitrogens with one attached hydrogen (secondary N) is 1. The zero-order valence-electron chi connectivity index (χ0n) is 12.1. The van der Waals surface area contributed by atoms with Crippen LogP contribution >= 0.6 is 34.1 Å². The SMILES string of the molecule is COc1cccc(-c2nnsc2C(=O)Nc2ccc(I)cc2)c1. The highest BCUT2D eigenvalue weighted by Gasteiger charge is 2.18. The van der Waals surface area contributed by atoms with Crippen LogP contribution in [-0.4, -0.2) is 22.6 Å². The first-order valence-corrected chi connectivity index (χ1v) is 8.56. The molecular weight excluding hydrogens is 425 g/mol. The van der Waals surface area contributed by atoms with Crippen LogP contribution in [0.1, 0.15) is 9.67 Å². The van der Waals surface area contributed by atoms with Crippen molar-refractivity contribution in [1.29, 1.82) is 0 Å². The summed E-state index contributed by atoms with van der Waals surface area (Å²) >= 11 is 3.29. The van der Waals surface area contributed by atoms with Crippen LogP contribution in [0.25, 0.3) is 11.3 Å². The van der Waals surface area contributed by atoms with Gasteiger partial charge in [0.05, 0.1) is 7.11 Å². The van der Waals surface area contributed by atoms with Crippen molar-refractivity contribution < 1.29 is 9.53 Å². The standard InChI is InChI=1S/C16H12IN3O2S/c1-22-13-4-2-3-10(9-13)14-15(23-20-19-14)16(21)18-12-7-5-11(17)6-8-12/h2-9H,1H3,(H,18,21). The fourth-order valence-electron chi connectivity index (χ4n) is 2.02. The average Bonchev–Trinajstić information content (AvgIpc) is 3.07. The van der Waals surface area contributed by atoms with E-state index in [0.717, 1.165) is 26.4 Å². The number of halogens is 1. The number of nitrogens with zero attached hydrogens (tertiary/aromatic N) is 2. The van der Waals surface area contributed by atoms with Crippen LogP contribution in [0.2, 0.25) is 0 Å². The lowest BCUT2D eigenvalue weighted by Crippen LogP contribution is -2.11. The van der Waals surface area contributed by atoms with Crippen LogP contribution in [-0.2, 0) is 0 Å². The van der Waals surface area contributed by atoms with Crippen molar-refractivity contribution in [2.45, 2.75) is 0 Å². The molecule has 0 radical (unpaired) electrons. The highest BCUT2D eigenvalue weighted by Crippen LogP contribution is 2.27. The molecule has 1 heterocycles. The number of aromatic nitrogens is 2. The predicted molar refractivity (Wildman–Crippen MR) is 99.0 cm³/mol. The molecule has 0 saturated carbocycles. The second-order valence-electron chi connectivity index (χ2n) is 4.64. The molecule has 0 aliphatic carbocycles. The number of methoxy groups -OCH3 is 1. The third kappa shape index (κ3) is 3.67. The second-order valence-corrected chi connectivity index (χ2v) is 6.64. The molecule has 2 aromatic carbocycles. The number of ether oxygens (including phenoxy) is 1. The lowest BCUT2D eigenvalue weighted by molar-refractivity contribution is 0.103. The van der Waals surface area contributed by atoms with Crippen LogP contribution in [0.5, 0.6) is 5.75 Å². The van der Waals surface area contributed by atoms with E-state index >= 15 is 0 Å². The summed E-state index contributed by atoms with van der Waals surface area (Å²) in [5, 5.41) is 6.96. The van der Waals surface area contributed by atoms with Crippen molar-refractivity contribution >= 4 is 45.7 Å². The second kappa shape index (κ2) is 7.05. The summed E-state index contributed by atoms with van der Waals surface area (Å²) in [7, 11) is 1.60. The third-order valence-corrected chi connectivity index (χ3v) is 4.58. The molecule has 0 aliphatic rings. The largest absolute Gasteiger partial charge is 0.497 e. The van der Waals surface area contributed by atoms with Crippen molar-refractivity contribution in [2.75, 3.05) is 12.4 Å². The Morgan fingerprint density at radius 3 is 2.74 bits per heavy atom. The number of carbonyl (C=O) groups excluding carboxylic acids is 1. The first-order chi connectivity index (χ1) is 11.2. The van der Waals surface area contributed by atoms with E-state index in [1.165, 1.54) is 0 Å². The normalized spacial score (nSPS) is 10.3. The molecule has 23 heavy (non-hydrogen) atoms. The topological polar surface area (TPSA) is 64.1 Å². The van der Waals surface area contributed by atoms with Crippen LogP contribution in [0.4, 0.5) is 5.69 Å². The molecule has 1 aromatic heterocycles. The van der Waals surface area contributed by atoms with Crippen molar-refractivity contribution in [3.8, 4) is 17.0 Å². The molecular formula is C16H12IN3O2S. The fraction of sp³-hybridized carbons (Fsp3) is 0.0625. The molecule has 0 spiro atoms. The molecule has 0 fully saturated rings. The Morgan fingerprint density at radius 1 is 1.22 bits per heavy atom. The van der Waals surface area contributed by atoms with E-state index < -0.39 is 0 Å². The summed E-state index contributed by atoms with van der Waals surface area (Å²) in [6.45, 7) is 0. The Balaban J connectivity index is 1.87. The lowest BCUT2D eigenvalue weighted by atomic mass is 10.1. The Hall–Kier alpha value is -2.00. The zero-order valence-corrected chi connectivity index (χ0v) is 15.1. The number of rotatable bonds is 4. The number of hydrogen-bond acceptors (Lipinski definition) is 5. The monoisotopic (exact) mass is 437 g/mol. The maximum Gasteiger partial charge on any atom is 0.269 e. The first-order valence-electron chi connectivity index (χ1n) is 6.71. The fourth-order valence-corrected chi connectivity index (χ4v) is 2.96. The number of benzene rings is 2. The molecule has 0 bridgehead atoms. The quantitative estimate of drug-likeness (QED) is 0.626. The Labute approximate surface area is 151 Å². The van der Waals surface area contributed by atoms with Gasteiger partial charge in [-0.25, -0.2) is 0 Å². The Morgan fingerprint density at radius 2 is 2.00 bits per heavy atom. The summed E-state index contributed by atoms with van der Waals surface area (Å²) in [6, 6.07) is 15.0. The number of carbonyl (C=O) groups is 1. The smallest absolute Gasteiger partial charge is 0.269 e. The van der Waals surface area contributed by atoms with Crippen molar-refractivity contribution in [3.05, 3.63) is 57.0 Å². The number of amides is 1. The van der Waals surface area contributed by atoms with E-state index in [9.17, 15) is 4.79 Å². The minimum Gasteiger partial charge on any atom is -0.497 e. The molecule has 0 saturated heterocycles. The van der Waals surface area contributed by atoms with Crippen molar-refractivity contribution in [1.82, 2.24) is 9.59 Å². The highest BCUT2D eigenvalue weighted by molar-refractivity contribution is 14.1. The minimum atomic E-state index is -0.223. The first kappa shape index (κ1) is 15.9. The van der Waals surface area contributed by atoms with Crippen molar-refractivity contribution in [2.24, 2.45) is 0 Å². The summed E-state index contributed by atoms with van der Waals surface area (Å²) in [5.41, 5.74) is 2.09. The summed E-state index contributed by atoms with van der Waals surface area (Å²) in [6.07, 6.45) is 0. The molecule has 3 rings (SSSR count).